The Morgan fingerprint density at radius 2 is 1.88 bits per heavy atom. The number of ketones is 2. The lowest BCUT2D eigenvalue weighted by molar-refractivity contribution is -0.293. The van der Waals surface area contributed by atoms with Gasteiger partial charge in [-0.3, -0.25) is 9.59 Å². The zero-order valence-electron chi connectivity index (χ0n) is 29.8. The molecule has 1 aromatic carbocycles. The van der Waals surface area contributed by atoms with E-state index in [4.69, 9.17) is 23.4 Å². The minimum Gasteiger partial charge on any atom is -0.507 e. The Labute approximate surface area is 292 Å². The van der Waals surface area contributed by atoms with E-state index in [0.717, 1.165) is 19.3 Å². The van der Waals surface area contributed by atoms with Crippen molar-refractivity contribution in [3.8, 4) is 11.7 Å². The van der Waals surface area contributed by atoms with Gasteiger partial charge in [-0.25, -0.2) is 9.18 Å². The van der Waals surface area contributed by atoms with E-state index >= 15 is 4.39 Å². The SMILES string of the molecule is CCCCCOC(=O)c1cc(O)c2cc(OCC(=O)C3(OC(C)(C)OC)CCC4C5CCC6=CC(=O)C=CC6(C)C5(F)C(O)CC43C)oc2c1. The summed E-state index contributed by atoms with van der Waals surface area (Å²) >= 11 is 0. The van der Waals surface area contributed by atoms with Gasteiger partial charge in [0.1, 0.15) is 16.9 Å². The van der Waals surface area contributed by atoms with Crippen LogP contribution in [0.4, 0.5) is 4.39 Å². The Balaban J connectivity index is 1.27. The summed E-state index contributed by atoms with van der Waals surface area (Å²) < 4.78 is 47.1. The number of phenolic OH excluding ortho intramolecular Hbond substituents is 1. The quantitative estimate of drug-likeness (QED) is 0.136. The number of halogens is 1. The van der Waals surface area contributed by atoms with E-state index in [9.17, 15) is 24.6 Å². The van der Waals surface area contributed by atoms with E-state index in [-0.39, 0.29) is 54.0 Å². The molecule has 1 heterocycles. The third kappa shape index (κ3) is 5.60. The van der Waals surface area contributed by atoms with Gasteiger partial charge in [0.05, 0.1) is 23.7 Å². The molecule has 272 valence electrons. The minimum atomic E-state index is -2.05. The van der Waals surface area contributed by atoms with Crippen LogP contribution in [0.3, 0.4) is 0 Å². The lowest BCUT2D eigenvalue weighted by Crippen LogP contribution is -2.70. The third-order valence-electron chi connectivity index (χ3n) is 12.3. The fraction of sp³-hybridized carbons (Fsp3) is 0.615. The van der Waals surface area contributed by atoms with Crippen LogP contribution in [0.2, 0.25) is 0 Å². The number of fused-ring (bicyclic) bond motifs is 6. The maximum absolute atomic E-state index is 17.7. The molecule has 2 N–H and O–H groups in total. The Bertz CT molecular complexity index is 1740. The van der Waals surface area contributed by atoms with Gasteiger partial charge in [-0.1, -0.05) is 38.3 Å². The molecule has 4 aliphatic carbocycles. The molecule has 50 heavy (non-hydrogen) atoms. The highest BCUT2D eigenvalue weighted by molar-refractivity contribution is 6.01. The third-order valence-corrected chi connectivity index (χ3v) is 12.3. The van der Waals surface area contributed by atoms with Crippen molar-refractivity contribution < 1.29 is 52.4 Å². The number of hydrogen-bond donors (Lipinski definition) is 2. The van der Waals surface area contributed by atoms with Crippen LogP contribution < -0.4 is 4.74 Å². The topological polar surface area (TPSA) is 142 Å². The summed E-state index contributed by atoms with van der Waals surface area (Å²) in [6.45, 7) is 8.90. The molecule has 0 radical (unpaired) electrons. The Morgan fingerprint density at radius 3 is 2.60 bits per heavy atom. The molecule has 6 rings (SSSR count). The molecule has 7 atom stereocenters. The first-order valence-electron chi connectivity index (χ1n) is 17.7. The average Bonchev–Trinajstić information content (AvgIpc) is 3.61. The van der Waals surface area contributed by atoms with Gasteiger partial charge in [0.2, 0.25) is 5.78 Å². The average molecular weight is 697 g/mol. The molecule has 2 aromatic rings. The van der Waals surface area contributed by atoms with Gasteiger partial charge in [-0.05, 0) is 89.5 Å². The summed E-state index contributed by atoms with van der Waals surface area (Å²) in [6, 6.07) is 4.20. The molecule has 4 aliphatic rings. The van der Waals surface area contributed by atoms with Crippen LogP contribution in [-0.2, 0) is 23.8 Å². The van der Waals surface area contributed by atoms with E-state index in [1.54, 1.807) is 26.8 Å². The molecule has 0 bridgehead atoms. The highest BCUT2D eigenvalue weighted by Gasteiger charge is 2.75. The molecule has 3 fully saturated rings. The van der Waals surface area contributed by atoms with Crippen molar-refractivity contribution in [3.63, 3.8) is 0 Å². The van der Waals surface area contributed by atoms with Gasteiger partial charge >= 0.3 is 5.97 Å². The number of methoxy groups -OCH3 is 1. The van der Waals surface area contributed by atoms with Crippen LogP contribution in [0.15, 0.2) is 46.4 Å². The number of alkyl halides is 1. The summed E-state index contributed by atoms with van der Waals surface area (Å²) in [7, 11) is 1.48. The molecule has 0 spiro atoms. The van der Waals surface area contributed by atoms with E-state index in [0.29, 0.717) is 30.2 Å². The standard InChI is InChI=1S/C39H49FO10/c1-7-8-9-16-47-34(45)23-17-29(42)26-20-33(49-30(26)18-23)48-22-32(44)38(50-35(2,3)46-6)15-13-27-28-11-10-24-19-25(41)12-14-36(24,4)39(28,40)31(43)21-37(27,38)5/h12,14,17-20,27-28,31,42-43H,7-11,13,15-16,21-22H2,1-6H3. The number of carbonyl (C=O) groups is 3. The molecular weight excluding hydrogens is 647 g/mol. The van der Waals surface area contributed by atoms with Crippen LogP contribution in [0.5, 0.6) is 11.7 Å². The first kappa shape index (κ1) is 36.3. The number of unbranched alkanes of at least 4 members (excludes halogenated alkanes) is 2. The number of aromatic hydroxyl groups is 1. The first-order chi connectivity index (χ1) is 23.5. The summed E-state index contributed by atoms with van der Waals surface area (Å²) in [4.78, 5) is 39.4. The molecule has 0 saturated heterocycles. The van der Waals surface area contributed by atoms with E-state index in [1.807, 2.05) is 6.92 Å². The molecule has 7 unspecified atom stereocenters. The second-order valence-electron chi connectivity index (χ2n) is 15.4. The minimum absolute atomic E-state index is 0.0532. The van der Waals surface area contributed by atoms with Crippen molar-refractivity contribution in [2.24, 2.45) is 22.7 Å². The van der Waals surface area contributed by atoms with Crippen molar-refractivity contribution >= 4 is 28.5 Å². The lowest BCUT2D eigenvalue weighted by atomic mass is 9.44. The van der Waals surface area contributed by atoms with Crippen LogP contribution in [0.1, 0.15) is 96.3 Å². The normalized spacial score (nSPS) is 33.4. The van der Waals surface area contributed by atoms with Gasteiger partial charge in [0, 0.05) is 29.9 Å². The maximum Gasteiger partial charge on any atom is 0.338 e. The first-order valence-corrected chi connectivity index (χ1v) is 17.7. The molecule has 0 amide bonds. The number of rotatable bonds is 12. The van der Waals surface area contributed by atoms with Crippen LogP contribution in [0.25, 0.3) is 11.0 Å². The number of aliphatic hydroxyl groups excluding tert-OH is 1. The zero-order valence-corrected chi connectivity index (χ0v) is 29.8. The van der Waals surface area contributed by atoms with Crippen LogP contribution >= 0.6 is 0 Å². The number of hydrogen-bond acceptors (Lipinski definition) is 10. The molecule has 1 aromatic heterocycles. The van der Waals surface area contributed by atoms with Crippen molar-refractivity contribution in [2.45, 2.75) is 109 Å². The second kappa shape index (κ2) is 12.9. The van der Waals surface area contributed by atoms with Gasteiger partial charge in [0.15, 0.2) is 23.8 Å². The maximum atomic E-state index is 17.7. The van der Waals surface area contributed by atoms with Crippen molar-refractivity contribution in [1.82, 2.24) is 0 Å². The summed E-state index contributed by atoms with van der Waals surface area (Å²) in [6.07, 6.45) is 7.29. The van der Waals surface area contributed by atoms with Crippen molar-refractivity contribution in [2.75, 3.05) is 20.3 Å². The predicted molar refractivity (Wildman–Crippen MR) is 181 cm³/mol. The van der Waals surface area contributed by atoms with E-state index in [2.05, 4.69) is 6.92 Å². The number of Topliss-reactive ketones (excluding diaryl/α,β-unsaturated/α-hetero) is 1. The highest BCUT2D eigenvalue weighted by Crippen LogP contribution is 2.70. The fourth-order valence-electron chi connectivity index (χ4n) is 9.48. The molecule has 3 saturated carbocycles. The number of ether oxygens (including phenoxy) is 4. The number of furan rings is 1. The number of allylic oxidation sites excluding steroid dienone is 4. The lowest BCUT2D eigenvalue weighted by Gasteiger charge is -2.63. The van der Waals surface area contributed by atoms with Crippen molar-refractivity contribution in [1.29, 1.82) is 0 Å². The van der Waals surface area contributed by atoms with E-state index in [1.165, 1.54) is 37.5 Å². The molecule has 11 heteroatoms. The summed E-state index contributed by atoms with van der Waals surface area (Å²) in [5, 5.41) is 22.8. The monoisotopic (exact) mass is 696 g/mol. The number of carbonyl (C=O) groups excluding carboxylic acids is 3. The van der Waals surface area contributed by atoms with Gasteiger partial charge in [-0.2, -0.15) is 0 Å². The summed E-state index contributed by atoms with van der Waals surface area (Å²) in [5.41, 5.74) is -4.75. The number of phenols is 1. The van der Waals surface area contributed by atoms with Gasteiger partial charge < -0.3 is 33.6 Å². The Kier molecular flexibility index (Phi) is 9.35. The molecule has 10 nitrogen and oxygen atoms in total. The Morgan fingerprint density at radius 1 is 1.12 bits per heavy atom. The van der Waals surface area contributed by atoms with Gasteiger partial charge in [0.25, 0.3) is 5.95 Å². The van der Waals surface area contributed by atoms with E-state index < -0.39 is 58.3 Å². The summed E-state index contributed by atoms with van der Waals surface area (Å²) in [5.74, 6) is -3.60. The second-order valence-corrected chi connectivity index (χ2v) is 15.4. The molecule has 0 aliphatic heterocycles. The highest BCUT2D eigenvalue weighted by atomic mass is 19.1. The van der Waals surface area contributed by atoms with Crippen LogP contribution in [-0.4, -0.2) is 71.2 Å². The smallest absolute Gasteiger partial charge is 0.338 e. The van der Waals surface area contributed by atoms with Crippen LogP contribution in [0, 0.1) is 22.7 Å². The zero-order chi connectivity index (χ0) is 36.3. The largest absolute Gasteiger partial charge is 0.507 e. The van der Waals surface area contributed by atoms with Crippen molar-refractivity contribution in [3.05, 3.63) is 47.6 Å². The number of aliphatic hydroxyl groups is 1. The predicted octanol–water partition coefficient (Wildman–Crippen LogP) is 6.94. The Hall–Kier alpha value is -3.54. The number of esters is 1. The molecular formula is C39H49FO10. The van der Waals surface area contributed by atoms with Gasteiger partial charge in [-0.15, -0.1) is 0 Å². The fourth-order valence-corrected chi connectivity index (χ4v) is 9.48. The number of benzene rings is 1.